The maximum atomic E-state index is 12.8. The van der Waals surface area contributed by atoms with Crippen LogP contribution in [0.3, 0.4) is 0 Å². The Labute approximate surface area is 217 Å². The van der Waals surface area contributed by atoms with Crippen molar-refractivity contribution >= 4 is 17.7 Å². The highest BCUT2D eigenvalue weighted by Crippen LogP contribution is 2.24. The molecule has 0 spiro atoms. The second kappa shape index (κ2) is 11.8. The van der Waals surface area contributed by atoms with Crippen LogP contribution in [0.5, 0.6) is 5.75 Å². The number of aromatic nitrogens is 4. The van der Waals surface area contributed by atoms with Crippen LogP contribution in [0.4, 0.5) is 0 Å². The van der Waals surface area contributed by atoms with E-state index in [2.05, 4.69) is 25.9 Å². The molecule has 12 nitrogen and oxygen atoms in total. The summed E-state index contributed by atoms with van der Waals surface area (Å²) in [5, 5.41) is 25.1. The van der Waals surface area contributed by atoms with Crippen LogP contribution < -0.4 is 15.5 Å². The summed E-state index contributed by atoms with van der Waals surface area (Å²) in [4.78, 5) is 37.8. The summed E-state index contributed by atoms with van der Waals surface area (Å²) in [5.74, 6) is -1.07. The van der Waals surface area contributed by atoms with Crippen LogP contribution in [0, 0.1) is 0 Å². The van der Waals surface area contributed by atoms with Gasteiger partial charge >= 0.3 is 0 Å². The van der Waals surface area contributed by atoms with E-state index in [1.54, 1.807) is 24.3 Å². The van der Waals surface area contributed by atoms with Crippen molar-refractivity contribution in [3.8, 4) is 28.3 Å². The van der Waals surface area contributed by atoms with Gasteiger partial charge in [-0.3, -0.25) is 19.6 Å². The van der Waals surface area contributed by atoms with E-state index >= 15 is 0 Å². The molecular formula is C26H25N7O5. The van der Waals surface area contributed by atoms with Gasteiger partial charge in [-0.05, 0) is 46.2 Å². The molecule has 0 aliphatic carbocycles. The molecule has 38 heavy (non-hydrogen) atoms. The minimum atomic E-state index is -1.52. The van der Waals surface area contributed by atoms with Crippen LogP contribution in [-0.2, 0) is 16.2 Å². The Morgan fingerprint density at radius 2 is 1.53 bits per heavy atom. The third-order valence-electron chi connectivity index (χ3n) is 5.84. The van der Waals surface area contributed by atoms with Gasteiger partial charge in [-0.15, -0.1) is 10.2 Å². The van der Waals surface area contributed by atoms with Crippen molar-refractivity contribution in [2.75, 3.05) is 14.1 Å². The molecule has 0 saturated heterocycles. The fraction of sp³-hybridized carbons (Fsp3) is 0.154. The van der Waals surface area contributed by atoms with Crippen molar-refractivity contribution in [3.05, 3.63) is 83.9 Å². The Kier molecular flexibility index (Phi) is 8.04. The van der Waals surface area contributed by atoms with Gasteiger partial charge in [0.05, 0.1) is 0 Å². The molecule has 4 aromatic rings. The number of ether oxygens (including phenoxy) is 1. The van der Waals surface area contributed by atoms with E-state index in [0.29, 0.717) is 18.2 Å². The zero-order valence-electron chi connectivity index (χ0n) is 20.6. The van der Waals surface area contributed by atoms with Gasteiger partial charge in [0.15, 0.2) is 6.04 Å². The van der Waals surface area contributed by atoms with Crippen molar-refractivity contribution in [3.63, 3.8) is 0 Å². The Morgan fingerprint density at radius 1 is 0.921 bits per heavy atom. The highest BCUT2D eigenvalue weighted by molar-refractivity contribution is 6.08. The summed E-state index contributed by atoms with van der Waals surface area (Å²) < 4.78 is 5.89. The van der Waals surface area contributed by atoms with Gasteiger partial charge in [-0.2, -0.15) is 5.21 Å². The first-order chi connectivity index (χ1) is 18.4. The summed E-state index contributed by atoms with van der Waals surface area (Å²) >= 11 is 0. The molecule has 0 aliphatic rings. The molecule has 3 amide bonds. The largest absolute Gasteiger partial charge is 0.489 e. The normalized spacial score (nSPS) is 11.3. The highest BCUT2D eigenvalue weighted by atomic mass is 16.5. The first-order valence-electron chi connectivity index (χ1n) is 11.5. The lowest BCUT2D eigenvalue weighted by Gasteiger charge is -2.25. The number of amides is 3. The average Bonchev–Trinajstić information content (AvgIpc) is 3.51. The third-order valence-corrected chi connectivity index (χ3v) is 5.84. The number of H-pyrrole nitrogens is 1. The predicted octanol–water partition coefficient (Wildman–Crippen LogP) is 1.80. The van der Waals surface area contributed by atoms with Crippen LogP contribution in [-0.4, -0.2) is 68.6 Å². The van der Waals surface area contributed by atoms with Crippen LogP contribution >= 0.6 is 0 Å². The van der Waals surface area contributed by atoms with E-state index in [0.717, 1.165) is 27.2 Å². The molecule has 0 fully saturated rings. The van der Waals surface area contributed by atoms with E-state index in [1.165, 1.54) is 19.6 Å². The monoisotopic (exact) mass is 515 g/mol. The molecule has 1 unspecified atom stereocenters. The lowest BCUT2D eigenvalue weighted by Crippen LogP contribution is -2.54. The molecular weight excluding hydrogens is 490 g/mol. The molecule has 0 saturated carbocycles. The Hall–Kier alpha value is -5.10. The fourth-order valence-corrected chi connectivity index (χ4v) is 3.74. The van der Waals surface area contributed by atoms with Gasteiger partial charge in [-0.1, -0.05) is 48.5 Å². The number of nitrogens with zero attached hydrogens (tertiary/aromatic N) is 4. The van der Waals surface area contributed by atoms with Crippen molar-refractivity contribution in [2.45, 2.75) is 12.6 Å². The molecule has 0 bridgehead atoms. The van der Waals surface area contributed by atoms with Crippen molar-refractivity contribution in [1.29, 1.82) is 0 Å². The van der Waals surface area contributed by atoms with Gasteiger partial charge in [0.2, 0.25) is 5.82 Å². The molecule has 1 aromatic heterocycles. The standard InChI is InChI=1S/C26H25N7O5/c1-27-24(34)22(25(35)30-37)33(2)26(36)20-9-7-17(8-10-20)18-11-13-21(14-12-18)38-15-16-3-5-19(6-4-16)23-28-31-32-29-23/h3-14,22,37H,15H2,1-2H3,(H,27,34)(H,30,35)(H,28,29,31,32). The topological polar surface area (TPSA) is 162 Å². The number of aromatic amines is 1. The number of benzene rings is 3. The maximum Gasteiger partial charge on any atom is 0.275 e. The van der Waals surface area contributed by atoms with Gasteiger partial charge in [-0.25, -0.2) is 5.48 Å². The van der Waals surface area contributed by atoms with Crippen LogP contribution in [0.2, 0.25) is 0 Å². The number of hydrogen-bond acceptors (Lipinski definition) is 8. The number of tetrazole rings is 1. The smallest absolute Gasteiger partial charge is 0.275 e. The number of rotatable bonds is 9. The van der Waals surface area contributed by atoms with E-state index in [9.17, 15) is 14.4 Å². The summed E-state index contributed by atoms with van der Waals surface area (Å²) in [5.41, 5.74) is 5.32. The first kappa shape index (κ1) is 26.0. The van der Waals surface area contributed by atoms with Crippen LogP contribution in [0.1, 0.15) is 15.9 Å². The van der Waals surface area contributed by atoms with Gasteiger partial charge in [0, 0.05) is 25.2 Å². The minimum absolute atomic E-state index is 0.279. The molecule has 12 heteroatoms. The van der Waals surface area contributed by atoms with E-state index in [1.807, 2.05) is 48.5 Å². The molecule has 3 aromatic carbocycles. The van der Waals surface area contributed by atoms with Gasteiger partial charge < -0.3 is 15.0 Å². The zero-order valence-corrected chi connectivity index (χ0v) is 20.6. The summed E-state index contributed by atoms with van der Waals surface area (Å²) in [7, 11) is 2.64. The van der Waals surface area contributed by atoms with Crippen LogP contribution in [0.15, 0.2) is 72.8 Å². The summed E-state index contributed by atoms with van der Waals surface area (Å²) in [6, 6.07) is 20.4. The second-order valence-corrected chi connectivity index (χ2v) is 8.23. The van der Waals surface area contributed by atoms with Crippen molar-refractivity contribution < 1.29 is 24.3 Å². The predicted molar refractivity (Wildman–Crippen MR) is 136 cm³/mol. The molecule has 194 valence electrons. The fourth-order valence-electron chi connectivity index (χ4n) is 3.74. The molecule has 4 rings (SSSR count). The maximum absolute atomic E-state index is 12.8. The first-order valence-corrected chi connectivity index (χ1v) is 11.5. The van der Waals surface area contributed by atoms with E-state index < -0.39 is 23.8 Å². The summed E-state index contributed by atoms with van der Waals surface area (Å²) in [6.45, 7) is 0.390. The number of carbonyl (C=O) groups excluding carboxylic acids is 3. The van der Waals surface area contributed by atoms with Crippen LogP contribution in [0.25, 0.3) is 22.5 Å². The van der Waals surface area contributed by atoms with Crippen molar-refractivity contribution in [1.82, 2.24) is 36.3 Å². The highest BCUT2D eigenvalue weighted by Gasteiger charge is 2.33. The number of carbonyl (C=O) groups is 3. The minimum Gasteiger partial charge on any atom is -0.489 e. The Bertz CT molecular complexity index is 1370. The molecule has 1 atom stereocenters. The third kappa shape index (κ3) is 5.82. The number of hydrogen-bond donors (Lipinski definition) is 4. The zero-order chi connectivity index (χ0) is 27.1. The molecule has 4 N–H and O–H groups in total. The van der Waals surface area contributed by atoms with Gasteiger partial charge in [0.1, 0.15) is 12.4 Å². The molecule has 1 heterocycles. The molecule has 0 radical (unpaired) electrons. The van der Waals surface area contributed by atoms with E-state index in [4.69, 9.17) is 9.94 Å². The lowest BCUT2D eigenvalue weighted by atomic mass is 10.0. The average molecular weight is 516 g/mol. The second-order valence-electron chi connectivity index (χ2n) is 8.23. The van der Waals surface area contributed by atoms with Gasteiger partial charge in [0.25, 0.3) is 17.7 Å². The Balaban J connectivity index is 1.37. The number of nitrogens with one attached hydrogen (secondary N) is 3. The Morgan fingerprint density at radius 3 is 2.08 bits per heavy atom. The van der Waals surface area contributed by atoms with Crippen molar-refractivity contribution in [2.24, 2.45) is 0 Å². The molecule has 0 aliphatic heterocycles. The SMILES string of the molecule is CNC(=O)C(C(=O)NO)N(C)C(=O)c1ccc(-c2ccc(OCc3ccc(-c4nn[nH]n4)cc3)cc2)cc1. The van der Waals surface area contributed by atoms with E-state index in [-0.39, 0.29) is 5.56 Å². The quantitative estimate of drug-likeness (QED) is 0.149. The lowest BCUT2D eigenvalue weighted by molar-refractivity contribution is -0.140. The summed E-state index contributed by atoms with van der Waals surface area (Å²) in [6.07, 6.45) is 0. The number of hydroxylamine groups is 1. The number of likely N-dealkylation sites (N-methyl/N-ethyl adjacent to an activating group) is 2.